The van der Waals surface area contributed by atoms with Crippen LogP contribution in [-0.4, -0.2) is 43.9 Å². The number of halogens is 3. The third-order valence-electron chi connectivity index (χ3n) is 7.64. The highest BCUT2D eigenvalue weighted by Crippen LogP contribution is 2.34. The Hall–Kier alpha value is -3.80. The molecule has 3 heterocycles. The van der Waals surface area contributed by atoms with Crippen LogP contribution in [0.3, 0.4) is 0 Å². The van der Waals surface area contributed by atoms with Crippen molar-refractivity contribution in [1.82, 2.24) is 24.1 Å². The number of aryl methyl sites for hydroxylation is 1. The number of benzene rings is 2. The fourth-order valence-corrected chi connectivity index (χ4v) is 5.90. The number of fused-ring (bicyclic) bond motifs is 1. The van der Waals surface area contributed by atoms with E-state index in [4.69, 9.17) is 14.7 Å². The van der Waals surface area contributed by atoms with Crippen LogP contribution in [0, 0.1) is 0 Å². The lowest BCUT2D eigenvalue weighted by molar-refractivity contribution is -0.140. The van der Waals surface area contributed by atoms with Gasteiger partial charge >= 0.3 is 6.18 Å². The molecule has 232 valence electrons. The lowest BCUT2D eigenvalue weighted by atomic mass is 9.96. The van der Waals surface area contributed by atoms with Crippen molar-refractivity contribution in [2.75, 3.05) is 6.61 Å². The Morgan fingerprint density at radius 3 is 2.30 bits per heavy atom. The number of alkyl halides is 3. The Labute approximate surface area is 256 Å². The monoisotopic (exact) mass is 621 g/mol. The van der Waals surface area contributed by atoms with Gasteiger partial charge in [0.05, 0.1) is 17.2 Å². The molecule has 0 radical (unpaired) electrons. The van der Waals surface area contributed by atoms with Crippen LogP contribution in [-0.2, 0) is 24.7 Å². The number of imidazole rings is 1. The molecule has 1 unspecified atom stereocenters. The van der Waals surface area contributed by atoms with Gasteiger partial charge in [-0.05, 0) is 23.1 Å². The Bertz CT molecular complexity index is 1750. The molecule has 5 rings (SSSR count). The molecule has 5 aromatic rings. The molecule has 3 aromatic heterocycles. The zero-order chi connectivity index (χ0) is 31.8. The molecule has 7 nitrogen and oxygen atoms in total. The minimum absolute atomic E-state index is 0.187. The zero-order valence-corrected chi connectivity index (χ0v) is 26.9. The SMILES string of the molecule is CC(C)c1ccccc1-c1ncc2c(n1)c(C(O)c1ccc(-c3nc(C(F)(F)F)cn3C)cc1)cn2COCC[Si](C)(C)C. The Kier molecular flexibility index (Phi) is 8.84. The molecule has 0 aliphatic heterocycles. The van der Waals surface area contributed by atoms with Crippen molar-refractivity contribution in [3.8, 4) is 22.8 Å². The van der Waals surface area contributed by atoms with Gasteiger partial charge in [0.2, 0.25) is 0 Å². The molecule has 0 aliphatic carbocycles. The minimum atomic E-state index is -4.53. The van der Waals surface area contributed by atoms with Crippen molar-refractivity contribution >= 4 is 19.1 Å². The van der Waals surface area contributed by atoms with E-state index in [1.54, 1.807) is 30.5 Å². The largest absolute Gasteiger partial charge is 0.434 e. The molecular formula is C33H38F3N5O2Si. The van der Waals surface area contributed by atoms with Crippen LogP contribution in [0.1, 0.15) is 48.3 Å². The van der Waals surface area contributed by atoms with Crippen LogP contribution < -0.4 is 0 Å². The van der Waals surface area contributed by atoms with Crippen molar-refractivity contribution < 1.29 is 23.0 Å². The number of hydrogen-bond donors (Lipinski definition) is 1. The first-order valence-electron chi connectivity index (χ1n) is 14.6. The van der Waals surface area contributed by atoms with Crippen LogP contribution in [0.15, 0.2) is 67.1 Å². The van der Waals surface area contributed by atoms with Gasteiger partial charge in [0, 0.05) is 50.8 Å². The molecule has 1 atom stereocenters. The van der Waals surface area contributed by atoms with Crippen molar-refractivity contribution in [1.29, 1.82) is 0 Å². The van der Waals surface area contributed by atoms with Crippen LogP contribution >= 0.6 is 0 Å². The maximum absolute atomic E-state index is 13.2. The maximum Gasteiger partial charge on any atom is 0.434 e. The highest BCUT2D eigenvalue weighted by Gasteiger charge is 2.34. The van der Waals surface area contributed by atoms with Gasteiger partial charge in [-0.25, -0.2) is 15.0 Å². The zero-order valence-electron chi connectivity index (χ0n) is 25.9. The summed E-state index contributed by atoms with van der Waals surface area (Å²) in [6.45, 7) is 12.1. The second-order valence-corrected chi connectivity index (χ2v) is 18.3. The predicted molar refractivity (Wildman–Crippen MR) is 169 cm³/mol. The summed E-state index contributed by atoms with van der Waals surface area (Å²) < 4.78 is 48.9. The van der Waals surface area contributed by atoms with Gasteiger partial charge in [0.25, 0.3) is 0 Å². The molecule has 1 N–H and O–H groups in total. The van der Waals surface area contributed by atoms with Gasteiger partial charge < -0.3 is 19.0 Å². The van der Waals surface area contributed by atoms with Crippen LogP contribution in [0.4, 0.5) is 13.2 Å². The van der Waals surface area contributed by atoms with E-state index in [2.05, 4.69) is 44.5 Å². The van der Waals surface area contributed by atoms with E-state index in [1.807, 2.05) is 29.0 Å². The Morgan fingerprint density at radius 1 is 0.955 bits per heavy atom. The van der Waals surface area contributed by atoms with Crippen LogP contribution in [0.2, 0.25) is 25.7 Å². The molecule has 0 fully saturated rings. The molecular weight excluding hydrogens is 583 g/mol. The number of aliphatic hydroxyl groups excluding tert-OH is 1. The quantitative estimate of drug-likeness (QED) is 0.126. The van der Waals surface area contributed by atoms with E-state index in [1.165, 1.54) is 11.6 Å². The number of nitrogens with zero attached hydrogens (tertiary/aromatic N) is 5. The van der Waals surface area contributed by atoms with Gasteiger partial charge in [-0.1, -0.05) is 82.0 Å². The van der Waals surface area contributed by atoms with E-state index in [0.717, 1.165) is 28.9 Å². The second-order valence-electron chi connectivity index (χ2n) is 12.7. The number of aromatic nitrogens is 5. The van der Waals surface area contributed by atoms with E-state index in [-0.39, 0.29) is 11.7 Å². The summed E-state index contributed by atoms with van der Waals surface area (Å²) in [4.78, 5) is 13.5. The molecule has 0 saturated carbocycles. The molecule has 0 spiro atoms. The van der Waals surface area contributed by atoms with E-state index in [9.17, 15) is 18.3 Å². The highest BCUT2D eigenvalue weighted by molar-refractivity contribution is 6.76. The molecule has 2 aromatic carbocycles. The van der Waals surface area contributed by atoms with E-state index < -0.39 is 26.0 Å². The first-order chi connectivity index (χ1) is 20.7. The van der Waals surface area contributed by atoms with Gasteiger partial charge in [-0.2, -0.15) is 13.2 Å². The molecule has 0 saturated heterocycles. The third kappa shape index (κ3) is 6.79. The van der Waals surface area contributed by atoms with E-state index in [0.29, 0.717) is 41.4 Å². The summed E-state index contributed by atoms with van der Waals surface area (Å²) in [7, 11) is 0.256. The van der Waals surface area contributed by atoms with Gasteiger partial charge in [0.1, 0.15) is 18.7 Å². The number of ether oxygens (including phenoxy) is 1. The summed E-state index contributed by atoms with van der Waals surface area (Å²) in [6.07, 6.45) is -0.999. The summed E-state index contributed by atoms with van der Waals surface area (Å²) in [5.41, 5.74) is 4.12. The predicted octanol–water partition coefficient (Wildman–Crippen LogP) is 8.04. The lowest BCUT2D eigenvalue weighted by Crippen LogP contribution is -2.22. The van der Waals surface area contributed by atoms with Crippen molar-refractivity contribution in [3.05, 3.63) is 89.5 Å². The number of hydrogen-bond acceptors (Lipinski definition) is 5. The molecule has 0 aliphatic rings. The Balaban J connectivity index is 1.52. The van der Waals surface area contributed by atoms with Crippen molar-refractivity contribution in [2.24, 2.45) is 7.05 Å². The maximum atomic E-state index is 13.2. The molecule has 0 bridgehead atoms. The van der Waals surface area contributed by atoms with Crippen LogP contribution in [0.25, 0.3) is 33.8 Å². The average molecular weight is 622 g/mol. The molecule has 11 heteroatoms. The smallest absolute Gasteiger partial charge is 0.384 e. The van der Waals surface area contributed by atoms with Crippen LogP contribution in [0.5, 0.6) is 0 Å². The second kappa shape index (κ2) is 12.3. The lowest BCUT2D eigenvalue weighted by Gasteiger charge is -2.15. The van der Waals surface area contributed by atoms with Crippen molar-refractivity contribution in [2.45, 2.75) is 64.5 Å². The fraction of sp³-hybridized carbons (Fsp3) is 0.364. The topological polar surface area (TPSA) is 78.0 Å². The first-order valence-corrected chi connectivity index (χ1v) is 18.4. The van der Waals surface area contributed by atoms with Gasteiger partial charge in [0.15, 0.2) is 11.5 Å². The summed E-state index contributed by atoms with van der Waals surface area (Å²) in [5, 5.41) is 11.6. The number of rotatable bonds is 10. The fourth-order valence-electron chi connectivity index (χ4n) is 5.14. The standard InChI is InChI=1S/C33H38F3N5O2Si/c1-21(2)24-9-7-8-10-25(24)31-37-17-27-29(39-31)26(18-41(27)20-43-15-16-44(4,5)6)30(42)22-11-13-23(14-12-22)32-38-28(19-40(32)3)33(34,35)36/h7-14,17-19,21,30,42H,15-16,20H2,1-6H3. The average Bonchev–Trinajstić information content (AvgIpc) is 3.55. The van der Waals surface area contributed by atoms with Gasteiger partial charge in [-0.15, -0.1) is 0 Å². The highest BCUT2D eigenvalue weighted by atomic mass is 28.3. The third-order valence-corrected chi connectivity index (χ3v) is 9.35. The Morgan fingerprint density at radius 2 is 1.66 bits per heavy atom. The van der Waals surface area contributed by atoms with Gasteiger partial charge in [-0.3, -0.25) is 0 Å². The number of aliphatic hydroxyl groups is 1. The summed E-state index contributed by atoms with van der Waals surface area (Å²) >= 11 is 0. The van der Waals surface area contributed by atoms with E-state index >= 15 is 0 Å². The molecule has 0 amide bonds. The molecule has 44 heavy (non-hydrogen) atoms. The van der Waals surface area contributed by atoms with Crippen molar-refractivity contribution in [3.63, 3.8) is 0 Å². The summed E-state index contributed by atoms with van der Waals surface area (Å²) in [6, 6.07) is 15.8. The summed E-state index contributed by atoms with van der Waals surface area (Å²) in [5.74, 6) is 1.02. The first kappa shape index (κ1) is 31.6. The minimum Gasteiger partial charge on any atom is -0.384 e. The normalized spacial score (nSPS) is 13.2.